The lowest BCUT2D eigenvalue weighted by atomic mass is 10.1. The van der Waals surface area contributed by atoms with Gasteiger partial charge in [0, 0.05) is 17.5 Å². The zero-order chi connectivity index (χ0) is 14.8. The number of ether oxygens (including phenoxy) is 1. The van der Waals surface area contributed by atoms with E-state index in [1.807, 2.05) is 30.3 Å². The average molecular weight is 347 g/mol. The SMILES string of the molecule is NCc1cc2ccccc2nc1Oc1ccc(F)c(Br)c1. The minimum absolute atomic E-state index is 0.315. The summed E-state index contributed by atoms with van der Waals surface area (Å²) in [5.41, 5.74) is 7.39. The third-order valence-electron chi connectivity index (χ3n) is 3.09. The van der Waals surface area contributed by atoms with E-state index in [-0.39, 0.29) is 5.82 Å². The number of rotatable bonds is 3. The van der Waals surface area contributed by atoms with E-state index in [0.29, 0.717) is 22.6 Å². The summed E-state index contributed by atoms with van der Waals surface area (Å²) in [6, 6.07) is 14.1. The van der Waals surface area contributed by atoms with E-state index in [1.165, 1.54) is 6.07 Å². The van der Waals surface area contributed by atoms with Crippen LogP contribution in [0, 0.1) is 5.82 Å². The molecule has 106 valence electrons. The highest BCUT2D eigenvalue weighted by molar-refractivity contribution is 9.10. The highest BCUT2D eigenvalue weighted by Gasteiger charge is 2.09. The third kappa shape index (κ3) is 2.89. The first-order chi connectivity index (χ1) is 10.2. The molecule has 0 aliphatic heterocycles. The molecule has 1 aromatic heterocycles. The van der Waals surface area contributed by atoms with Crippen LogP contribution in [0.4, 0.5) is 4.39 Å². The molecule has 0 aliphatic carbocycles. The summed E-state index contributed by atoms with van der Waals surface area (Å²) in [5, 5.41) is 1.01. The number of halogens is 2. The summed E-state index contributed by atoms with van der Waals surface area (Å²) in [7, 11) is 0. The lowest BCUT2D eigenvalue weighted by Crippen LogP contribution is -2.02. The summed E-state index contributed by atoms with van der Waals surface area (Å²) >= 11 is 3.13. The number of pyridine rings is 1. The Balaban J connectivity index is 2.04. The van der Waals surface area contributed by atoms with Crippen LogP contribution >= 0.6 is 15.9 Å². The van der Waals surface area contributed by atoms with Crippen LogP contribution in [-0.2, 0) is 6.54 Å². The number of benzene rings is 2. The molecule has 21 heavy (non-hydrogen) atoms. The third-order valence-corrected chi connectivity index (χ3v) is 3.70. The van der Waals surface area contributed by atoms with Gasteiger partial charge >= 0.3 is 0 Å². The molecule has 3 aromatic rings. The topological polar surface area (TPSA) is 48.1 Å². The molecule has 3 nitrogen and oxygen atoms in total. The van der Waals surface area contributed by atoms with Gasteiger partial charge < -0.3 is 10.5 Å². The first kappa shape index (κ1) is 14.0. The second-order valence-electron chi connectivity index (χ2n) is 4.53. The molecule has 0 saturated heterocycles. The first-order valence-corrected chi connectivity index (χ1v) is 7.18. The van der Waals surface area contributed by atoms with Crippen LogP contribution in [0.5, 0.6) is 11.6 Å². The van der Waals surface area contributed by atoms with Gasteiger partial charge in [-0.1, -0.05) is 18.2 Å². The van der Waals surface area contributed by atoms with Crippen LogP contribution in [-0.4, -0.2) is 4.98 Å². The van der Waals surface area contributed by atoms with Gasteiger partial charge in [0.05, 0.1) is 9.99 Å². The summed E-state index contributed by atoms with van der Waals surface area (Å²) in [6.45, 7) is 0.315. The lowest BCUT2D eigenvalue weighted by Gasteiger charge is -2.11. The van der Waals surface area contributed by atoms with E-state index in [0.717, 1.165) is 16.5 Å². The van der Waals surface area contributed by atoms with Crippen molar-refractivity contribution in [1.29, 1.82) is 0 Å². The summed E-state index contributed by atoms with van der Waals surface area (Å²) in [5.74, 6) is 0.600. The molecular weight excluding hydrogens is 335 g/mol. The Bertz CT molecular complexity index is 807. The van der Waals surface area contributed by atoms with Crippen molar-refractivity contribution >= 4 is 26.8 Å². The van der Waals surface area contributed by atoms with E-state index in [1.54, 1.807) is 12.1 Å². The van der Waals surface area contributed by atoms with Crippen LogP contribution in [0.1, 0.15) is 5.56 Å². The van der Waals surface area contributed by atoms with Gasteiger partial charge in [-0.15, -0.1) is 0 Å². The maximum atomic E-state index is 13.3. The number of hydrogen-bond donors (Lipinski definition) is 1. The van der Waals surface area contributed by atoms with Gasteiger partial charge in [0.2, 0.25) is 5.88 Å². The fourth-order valence-electron chi connectivity index (χ4n) is 2.03. The van der Waals surface area contributed by atoms with Crippen LogP contribution in [0.15, 0.2) is 53.0 Å². The minimum Gasteiger partial charge on any atom is -0.439 e. The molecule has 0 spiro atoms. The molecule has 2 N–H and O–H groups in total. The van der Waals surface area contributed by atoms with E-state index in [2.05, 4.69) is 20.9 Å². The van der Waals surface area contributed by atoms with Gasteiger partial charge in [-0.2, -0.15) is 0 Å². The summed E-state index contributed by atoms with van der Waals surface area (Å²) in [4.78, 5) is 4.48. The fraction of sp³-hybridized carbons (Fsp3) is 0.0625. The van der Waals surface area contributed by atoms with Gasteiger partial charge in [-0.25, -0.2) is 9.37 Å². The van der Waals surface area contributed by atoms with Crippen LogP contribution in [0.3, 0.4) is 0 Å². The van der Waals surface area contributed by atoms with Crippen LogP contribution in [0.2, 0.25) is 0 Å². The van der Waals surface area contributed by atoms with Crippen molar-refractivity contribution in [3.63, 3.8) is 0 Å². The minimum atomic E-state index is -0.340. The number of fused-ring (bicyclic) bond motifs is 1. The molecule has 0 fully saturated rings. The molecule has 0 bridgehead atoms. The smallest absolute Gasteiger partial charge is 0.224 e. The maximum Gasteiger partial charge on any atom is 0.224 e. The Hall–Kier alpha value is -1.98. The maximum absolute atomic E-state index is 13.3. The fourth-order valence-corrected chi connectivity index (χ4v) is 2.39. The number of hydrogen-bond acceptors (Lipinski definition) is 3. The molecule has 0 atom stereocenters. The number of aromatic nitrogens is 1. The second kappa shape index (κ2) is 5.79. The Morgan fingerprint density at radius 1 is 1.14 bits per heavy atom. The number of nitrogens with zero attached hydrogens (tertiary/aromatic N) is 1. The second-order valence-corrected chi connectivity index (χ2v) is 5.38. The quantitative estimate of drug-likeness (QED) is 0.765. The Kier molecular flexibility index (Phi) is 3.86. The highest BCUT2D eigenvalue weighted by Crippen LogP contribution is 2.29. The Morgan fingerprint density at radius 2 is 1.95 bits per heavy atom. The van der Waals surface area contributed by atoms with Crippen molar-refractivity contribution in [2.45, 2.75) is 6.54 Å². The van der Waals surface area contributed by atoms with Crippen molar-refractivity contribution in [3.05, 3.63) is 64.4 Å². The molecule has 1 heterocycles. The molecule has 0 radical (unpaired) electrons. The average Bonchev–Trinajstić information content (AvgIpc) is 2.50. The first-order valence-electron chi connectivity index (χ1n) is 6.39. The van der Waals surface area contributed by atoms with Crippen molar-refractivity contribution in [3.8, 4) is 11.6 Å². The number of para-hydroxylation sites is 1. The van der Waals surface area contributed by atoms with E-state index >= 15 is 0 Å². The van der Waals surface area contributed by atoms with Gasteiger partial charge in [-0.05, 0) is 46.3 Å². The van der Waals surface area contributed by atoms with Gasteiger partial charge in [0.15, 0.2) is 0 Å². The molecule has 0 saturated carbocycles. The molecular formula is C16H12BrFN2O. The zero-order valence-electron chi connectivity index (χ0n) is 11.0. The van der Waals surface area contributed by atoms with E-state index in [4.69, 9.17) is 10.5 Å². The number of nitrogens with two attached hydrogens (primary N) is 1. The molecule has 0 unspecified atom stereocenters. The predicted octanol–water partition coefficient (Wildman–Crippen LogP) is 4.39. The van der Waals surface area contributed by atoms with Crippen LogP contribution < -0.4 is 10.5 Å². The lowest BCUT2D eigenvalue weighted by molar-refractivity contribution is 0.456. The van der Waals surface area contributed by atoms with Crippen molar-refractivity contribution in [1.82, 2.24) is 4.98 Å². The Labute approximate surface area is 129 Å². The van der Waals surface area contributed by atoms with Gasteiger partial charge in [-0.3, -0.25) is 0 Å². The van der Waals surface area contributed by atoms with Crippen molar-refractivity contribution in [2.75, 3.05) is 0 Å². The highest BCUT2D eigenvalue weighted by atomic mass is 79.9. The van der Waals surface area contributed by atoms with Gasteiger partial charge in [0.1, 0.15) is 11.6 Å². The van der Waals surface area contributed by atoms with Gasteiger partial charge in [0.25, 0.3) is 0 Å². The Morgan fingerprint density at radius 3 is 2.71 bits per heavy atom. The molecule has 3 rings (SSSR count). The van der Waals surface area contributed by atoms with Crippen molar-refractivity contribution < 1.29 is 9.13 Å². The van der Waals surface area contributed by atoms with E-state index in [9.17, 15) is 4.39 Å². The summed E-state index contributed by atoms with van der Waals surface area (Å²) < 4.78 is 19.4. The van der Waals surface area contributed by atoms with Crippen molar-refractivity contribution in [2.24, 2.45) is 5.73 Å². The predicted molar refractivity (Wildman–Crippen MR) is 83.8 cm³/mol. The van der Waals surface area contributed by atoms with E-state index < -0.39 is 0 Å². The normalized spacial score (nSPS) is 10.8. The molecule has 0 amide bonds. The molecule has 0 aliphatic rings. The standard InChI is InChI=1S/C16H12BrFN2O/c17-13-8-12(5-6-14(13)18)21-16-11(9-19)7-10-3-1-2-4-15(10)20-16/h1-8H,9,19H2. The zero-order valence-corrected chi connectivity index (χ0v) is 12.6. The van der Waals surface area contributed by atoms with Crippen LogP contribution in [0.25, 0.3) is 10.9 Å². The molecule has 5 heteroatoms. The largest absolute Gasteiger partial charge is 0.439 e. The summed E-state index contributed by atoms with van der Waals surface area (Å²) in [6.07, 6.45) is 0. The molecule has 2 aromatic carbocycles. The monoisotopic (exact) mass is 346 g/mol.